The fourth-order valence-electron chi connectivity index (χ4n) is 1.84. The molecule has 0 aromatic carbocycles. The second-order valence-electron chi connectivity index (χ2n) is 5.89. The van der Waals surface area contributed by atoms with Crippen LogP contribution < -0.4 is 0 Å². The lowest BCUT2D eigenvalue weighted by atomic mass is 9.86. The van der Waals surface area contributed by atoms with Crippen molar-refractivity contribution in [3.63, 3.8) is 0 Å². The number of aromatic carboxylic acids is 1. The summed E-state index contributed by atoms with van der Waals surface area (Å²) in [6, 6.07) is 3.64. The van der Waals surface area contributed by atoms with Gasteiger partial charge < -0.3 is 9.52 Å². The van der Waals surface area contributed by atoms with Gasteiger partial charge in [-0.25, -0.2) is 4.79 Å². The fraction of sp³-hybridized carbons (Fsp3) is 0.643. The zero-order chi connectivity index (χ0) is 14.1. The van der Waals surface area contributed by atoms with Gasteiger partial charge in [0.2, 0.25) is 5.76 Å². The Balaban J connectivity index is 2.86. The summed E-state index contributed by atoms with van der Waals surface area (Å²) in [6.45, 7) is 10.7. The molecule has 1 N–H and O–H groups in total. The van der Waals surface area contributed by atoms with E-state index in [0.717, 1.165) is 0 Å². The van der Waals surface area contributed by atoms with Gasteiger partial charge >= 0.3 is 5.97 Å². The molecule has 0 spiro atoms. The highest BCUT2D eigenvalue weighted by molar-refractivity contribution is 5.84. The summed E-state index contributed by atoms with van der Waals surface area (Å²) in [5, 5.41) is 8.85. The first-order chi connectivity index (χ1) is 8.14. The molecule has 0 bridgehead atoms. The summed E-state index contributed by atoms with van der Waals surface area (Å²) in [5.74, 6) is -0.348. The van der Waals surface area contributed by atoms with Crippen LogP contribution in [0.4, 0.5) is 0 Å². The molecule has 0 aliphatic carbocycles. The Kier molecular flexibility index (Phi) is 4.22. The molecule has 1 aromatic heterocycles. The van der Waals surface area contributed by atoms with Gasteiger partial charge in [-0.2, -0.15) is 0 Å². The molecule has 0 saturated heterocycles. The molecule has 4 nitrogen and oxygen atoms in total. The van der Waals surface area contributed by atoms with Gasteiger partial charge in [0, 0.05) is 6.04 Å². The van der Waals surface area contributed by atoms with Crippen molar-refractivity contribution in [1.29, 1.82) is 0 Å². The molecule has 0 amide bonds. The van der Waals surface area contributed by atoms with Gasteiger partial charge in [0.1, 0.15) is 5.76 Å². The average Bonchev–Trinajstić information content (AvgIpc) is 2.74. The molecular weight excluding hydrogens is 230 g/mol. The number of nitrogens with zero attached hydrogens (tertiary/aromatic N) is 1. The van der Waals surface area contributed by atoms with E-state index in [1.54, 1.807) is 6.07 Å². The maximum Gasteiger partial charge on any atom is 0.371 e. The van der Waals surface area contributed by atoms with E-state index in [2.05, 4.69) is 32.6 Å². The zero-order valence-electron chi connectivity index (χ0n) is 12.0. The molecule has 0 aliphatic heterocycles. The Morgan fingerprint density at radius 2 is 1.89 bits per heavy atom. The van der Waals surface area contributed by atoms with Crippen molar-refractivity contribution in [2.75, 3.05) is 7.05 Å². The molecule has 0 radical (unpaired) electrons. The summed E-state index contributed by atoms with van der Waals surface area (Å²) in [7, 11) is 2.03. The molecule has 0 aliphatic rings. The topological polar surface area (TPSA) is 53.7 Å². The smallest absolute Gasteiger partial charge is 0.371 e. The molecule has 2 unspecified atom stereocenters. The molecule has 2 atom stereocenters. The van der Waals surface area contributed by atoms with Crippen LogP contribution in [0.1, 0.15) is 57.0 Å². The van der Waals surface area contributed by atoms with Crippen LogP contribution in [-0.2, 0) is 0 Å². The maximum atomic E-state index is 10.8. The van der Waals surface area contributed by atoms with Crippen molar-refractivity contribution in [3.05, 3.63) is 23.7 Å². The van der Waals surface area contributed by atoms with Crippen molar-refractivity contribution < 1.29 is 14.3 Å². The molecule has 102 valence electrons. The lowest BCUT2D eigenvalue weighted by molar-refractivity contribution is 0.0645. The summed E-state index contributed by atoms with van der Waals surface area (Å²) in [6.07, 6.45) is 0. The first-order valence-corrected chi connectivity index (χ1v) is 6.19. The van der Waals surface area contributed by atoms with Crippen molar-refractivity contribution in [2.45, 2.75) is 46.7 Å². The first kappa shape index (κ1) is 14.8. The number of hydrogen-bond acceptors (Lipinski definition) is 3. The van der Waals surface area contributed by atoms with Crippen LogP contribution in [0.15, 0.2) is 16.5 Å². The maximum absolute atomic E-state index is 10.8. The predicted octanol–water partition coefficient (Wildman–Crippen LogP) is 3.41. The van der Waals surface area contributed by atoms with Gasteiger partial charge in [-0.1, -0.05) is 20.8 Å². The summed E-state index contributed by atoms with van der Waals surface area (Å²) in [5.41, 5.74) is 0.158. The van der Waals surface area contributed by atoms with Gasteiger partial charge in [0.15, 0.2) is 0 Å². The van der Waals surface area contributed by atoms with Crippen LogP contribution in [0.3, 0.4) is 0 Å². The minimum Gasteiger partial charge on any atom is -0.475 e. The first-order valence-electron chi connectivity index (χ1n) is 6.19. The van der Waals surface area contributed by atoms with Crippen molar-refractivity contribution in [3.8, 4) is 0 Å². The van der Waals surface area contributed by atoms with E-state index in [0.29, 0.717) is 11.8 Å². The van der Waals surface area contributed by atoms with E-state index in [-0.39, 0.29) is 17.2 Å². The Bertz CT molecular complexity index is 417. The van der Waals surface area contributed by atoms with Gasteiger partial charge in [0.05, 0.1) is 6.04 Å². The lowest BCUT2D eigenvalue weighted by Gasteiger charge is -2.38. The molecule has 1 heterocycles. The standard InChI is InChI=1S/C14H23NO3/c1-9(15(6)10(2)14(3,4)5)11-7-8-12(18-11)13(16)17/h7-10H,1-6H3,(H,16,17). The van der Waals surface area contributed by atoms with Crippen molar-refractivity contribution in [1.82, 2.24) is 4.90 Å². The van der Waals surface area contributed by atoms with Gasteiger partial charge in [0.25, 0.3) is 0 Å². The van der Waals surface area contributed by atoms with Crippen LogP contribution >= 0.6 is 0 Å². The van der Waals surface area contributed by atoms with Gasteiger partial charge in [-0.15, -0.1) is 0 Å². The molecule has 1 rings (SSSR count). The van der Waals surface area contributed by atoms with Crippen molar-refractivity contribution in [2.24, 2.45) is 5.41 Å². The van der Waals surface area contributed by atoms with Crippen LogP contribution in [0.25, 0.3) is 0 Å². The third kappa shape index (κ3) is 3.13. The van der Waals surface area contributed by atoms with Crippen LogP contribution in [0, 0.1) is 5.41 Å². The van der Waals surface area contributed by atoms with Crippen molar-refractivity contribution >= 4 is 5.97 Å². The largest absolute Gasteiger partial charge is 0.475 e. The second kappa shape index (κ2) is 5.14. The number of hydrogen-bond donors (Lipinski definition) is 1. The zero-order valence-corrected chi connectivity index (χ0v) is 12.0. The van der Waals surface area contributed by atoms with E-state index < -0.39 is 5.97 Å². The number of carbonyl (C=O) groups is 1. The SMILES string of the molecule is CC(c1ccc(C(=O)O)o1)N(C)C(C)C(C)(C)C. The fourth-order valence-corrected chi connectivity index (χ4v) is 1.84. The van der Waals surface area contributed by atoms with E-state index in [9.17, 15) is 4.79 Å². The van der Waals surface area contributed by atoms with Crippen LogP contribution in [0.2, 0.25) is 0 Å². The number of carboxylic acid groups (broad SMARTS) is 1. The molecule has 0 saturated carbocycles. The summed E-state index contributed by atoms with van der Waals surface area (Å²) < 4.78 is 5.35. The van der Waals surface area contributed by atoms with Crippen LogP contribution in [0.5, 0.6) is 0 Å². The summed E-state index contributed by atoms with van der Waals surface area (Å²) in [4.78, 5) is 13.0. The minimum absolute atomic E-state index is 0.00587. The highest BCUT2D eigenvalue weighted by atomic mass is 16.4. The Hall–Kier alpha value is -1.29. The van der Waals surface area contributed by atoms with E-state index in [1.807, 2.05) is 14.0 Å². The lowest BCUT2D eigenvalue weighted by Crippen LogP contribution is -2.40. The number of furan rings is 1. The van der Waals surface area contributed by atoms with Gasteiger partial charge in [-0.05, 0) is 38.4 Å². The normalized spacial score (nSPS) is 15.7. The predicted molar refractivity (Wildman–Crippen MR) is 70.8 cm³/mol. The minimum atomic E-state index is -1.03. The van der Waals surface area contributed by atoms with Crippen LogP contribution in [-0.4, -0.2) is 29.1 Å². The molecule has 0 fully saturated rings. The monoisotopic (exact) mass is 253 g/mol. The number of carboxylic acids is 1. The average molecular weight is 253 g/mol. The second-order valence-corrected chi connectivity index (χ2v) is 5.89. The summed E-state index contributed by atoms with van der Waals surface area (Å²) >= 11 is 0. The van der Waals surface area contributed by atoms with E-state index in [1.165, 1.54) is 6.07 Å². The Morgan fingerprint density at radius 1 is 1.33 bits per heavy atom. The third-order valence-corrected chi connectivity index (χ3v) is 3.72. The molecule has 1 aromatic rings. The quantitative estimate of drug-likeness (QED) is 0.893. The molecule has 18 heavy (non-hydrogen) atoms. The molecular formula is C14H23NO3. The Labute approximate surface area is 109 Å². The third-order valence-electron chi connectivity index (χ3n) is 3.72. The number of rotatable bonds is 4. The Morgan fingerprint density at radius 3 is 2.28 bits per heavy atom. The highest BCUT2D eigenvalue weighted by Gasteiger charge is 2.28. The van der Waals surface area contributed by atoms with E-state index in [4.69, 9.17) is 9.52 Å². The van der Waals surface area contributed by atoms with E-state index >= 15 is 0 Å². The van der Waals surface area contributed by atoms with Gasteiger partial charge in [-0.3, -0.25) is 4.90 Å². The highest BCUT2D eigenvalue weighted by Crippen LogP contribution is 2.30. The molecule has 4 heteroatoms.